The van der Waals surface area contributed by atoms with Gasteiger partial charge in [-0.05, 0) is 77.0 Å². The minimum absolute atomic E-state index is 0.0609. The lowest BCUT2D eigenvalue weighted by Crippen LogP contribution is -2.30. The zero-order valence-electron chi connectivity index (χ0n) is 37.4. The highest BCUT2D eigenvalue weighted by molar-refractivity contribution is 7.47. The van der Waals surface area contributed by atoms with E-state index in [1.54, 1.807) is 30.4 Å². The van der Waals surface area contributed by atoms with Crippen molar-refractivity contribution in [3.8, 4) is 0 Å². The number of rotatable bonds is 40. The number of carbonyl (C=O) groups is 2. The summed E-state index contributed by atoms with van der Waals surface area (Å²) in [5, 5.41) is 30.1. The largest absolute Gasteiger partial charge is 0.472 e. The normalized spacial score (nSPS) is 15.9. The van der Waals surface area contributed by atoms with Gasteiger partial charge in [0.2, 0.25) is 0 Å². The average molecular weight is 931 g/mol. The highest BCUT2D eigenvalue weighted by Gasteiger charge is 2.28. The molecule has 0 aliphatic rings. The predicted molar refractivity (Wildman–Crippen MR) is 246 cm³/mol. The maximum absolute atomic E-state index is 12.7. The summed E-state index contributed by atoms with van der Waals surface area (Å²) in [4.78, 5) is 52.7. The molecule has 0 aliphatic heterocycles. The first-order chi connectivity index (χ1) is 30.2. The van der Waals surface area contributed by atoms with Gasteiger partial charge >= 0.3 is 27.6 Å². The van der Waals surface area contributed by atoms with Crippen LogP contribution in [0.2, 0.25) is 0 Å². The van der Waals surface area contributed by atoms with Gasteiger partial charge in [0.15, 0.2) is 6.10 Å². The fourth-order valence-electron chi connectivity index (χ4n) is 5.18. The molecule has 0 aliphatic carbocycles. The molecule has 360 valence electrons. The summed E-state index contributed by atoms with van der Waals surface area (Å²) in [5.74, 6) is -1.35. The van der Waals surface area contributed by atoms with E-state index in [0.29, 0.717) is 19.3 Å². The molecule has 17 heteroatoms. The quantitative estimate of drug-likeness (QED) is 0.0110. The average Bonchev–Trinajstić information content (AvgIpc) is 3.23. The summed E-state index contributed by atoms with van der Waals surface area (Å²) in [6.07, 6.45) is 40.3. The SMILES string of the molecule is CCCCC/C=C\C/C=C\C/C=C\C/C=C\CCCC(=O)OC[C@H](COP(=O)(O)OC[C@@H](O)COP(=O)(O)O)OC(=O)CCC[C@@H](O)\C=C/C=C/C=C/[C@@H](O)C/C=C\CCCCC. The predicted octanol–water partition coefficient (Wildman–Crippen LogP) is 9.28. The van der Waals surface area contributed by atoms with Gasteiger partial charge in [-0.15, -0.1) is 0 Å². The van der Waals surface area contributed by atoms with Crippen LogP contribution >= 0.6 is 15.6 Å². The molecule has 0 heterocycles. The number of unbranched alkanes of at least 4 members (excludes halogenated alkanes) is 7. The van der Waals surface area contributed by atoms with Crippen molar-refractivity contribution in [2.75, 3.05) is 26.4 Å². The lowest BCUT2D eigenvalue weighted by Gasteiger charge is -2.20. The van der Waals surface area contributed by atoms with Crippen LogP contribution in [0.15, 0.2) is 97.2 Å². The van der Waals surface area contributed by atoms with Gasteiger partial charge in [0.25, 0.3) is 0 Å². The summed E-state index contributed by atoms with van der Waals surface area (Å²) >= 11 is 0. The fourth-order valence-corrected chi connectivity index (χ4v) is 6.34. The zero-order valence-corrected chi connectivity index (χ0v) is 39.1. The van der Waals surface area contributed by atoms with Gasteiger partial charge in [0.1, 0.15) is 12.7 Å². The van der Waals surface area contributed by atoms with Crippen molar-refractivity contribution < 1.29 is 71.8 Å². The van der Waals surface area contributed by atoms with Gasteiger partial charge in [-0.3, -0.25) is 23.2 Å². The Balaban J connectivity index is 4.88. The molecule has 0 spiro atoms. The lowest BCUT2D eigenvalue weighted by molar-refractivity contribution is -0.161. The molecule has 5 atom stereocenters. The summed E-state index contributed by atoms with van der Waals surface area (Å²) < 4.78 is 47.5. The van der Waals surface area contributed by atoms with Crippen molar-refractivity contribution in [2.45, 2.75) is 154 Å². The molecule has 0 fully saturated rings. The Morgan fingerprint density at radius 1 is 0.540 bits per heavy atom. The van der Waals surface area contributed by atoms with Crippen molar-refractivity contribution in [3.63, 3.8) is 0 Å². The Bertz CT molecular complexity index is 1510. The molecule has 0 radical (unpaired) electrons. The second-order valence-electron chi connectivity index (χ2n) is 14.7. The Hall–Kier alpha value is -3.04. The number of ether oxygens (including phenoxy) is 2. The van der Waals surface area contributed by atoms with Crippen LogP contribution in [0.3, 0.4) is 0 Å². The van der Waals surface area contributed by atoms with E-state index in [4.69, 9.17) is 23.8 Å². The Labute approximate surface area is 375 Å². The van der Waals surface area contributed by atoms with E-state index in [1.165, 1.54) is 38.2 Å². The van der Waals surface area contributed by atoms with Gasteiger partial charge in [0, 0.05) is 12.8 Å². The molecule has 0 aromatic carbocycles. The smallest absolute Gasteiger partial charge is 0.462 e. The lowest BCUT2D eigenvalue weighted by atomic mass is 10.1. The van der Waals surface area contributed by atoms with Crippen LogP contribution < -0.4 is 0 Å². The molecule has 0 aromatic rings. The molecular weight excluding hydrogens is 854 g/mol. The van der Waals surface area contributed by atoms with Crippen molar-refractivity contribution in [2.24, 2.45) is 0 Å². The van der Waals surface area contributed by atoms with Gasteiger partial charge in [-0.25, -0.2) is 9.13 Å². The van der Waals surface area contributed by atoms with Gasteiger partial charge < -0.3 is 39.5 Å². The summed E-state index contributed by atoms with van der Waals surface area (Å²) in [7, 11) is -9.80. The number of carbonyl (C=O) groups excluding carboxylic acids is 2. The zero-order chi connectivity index (χ0) is 46.9. The number of aliphatic hydroxyl groups excluding tert-OH is 3. The number of hydrogen-bond acceptors (Lipinski definition) is 12. The summed E-state index contributed by atoms with van der Waals surface area (Å²) in [6, 6.07) is 0. The first-order valence-corrected chi connectivity index (χ1v) is 25.2. The molecular formula is C46H76O15P2. The molecule has 0 rings (SSSR count). The van der Waals surface area contributed by atoms with Gasteiger partial charge in [-0.2, -0.15) is 0 Å². The van der Waals surface area contributed by atoms with Crippen LogP contribution in [0.1, 0.15) is 129 Å². The molecule has 0 amide bonds. The van der Waals surface area contributed by atoms with Crippen molar-refractivity contribution >= 4 is 27.6 Å². The van der Waals surface area contributed by atoms with E-state index in [0.717, 1.165) is 38.5 Å². The van der Waals surface area contributed by atoms with Crippen LogP contribution in [-0.2, 0) is 41.8 Å². The monoisotopic (exact) mass is 930 g/mol. The highest BCUT2D eigenvalue weighted by Crippen LogP contribution is 2.43. The minimum Gasteiger partial charge on any atom is -0.462 e. The third-order valence-corrected chi connectivity index (χ3v) is 10.1. The number of esters is 2. The third kappa shape index (κ3) is 44.0. The maximum Gasteiger partial charge on any atom is 0.472 e. The summed E-state index contributed by atoms with van der Waals surface area (Å²) in [5.41, 5.74) is 0. The topological polar surface area (TPSA) is 236 Å². The second kappa shape index (κ2) is 40.5. The number of phosphoric acid groups is 2. The number of allylic oxidation sites excluding steroid dienone is 13. The van der Waals surface area contributed by atoms with E-state index in [-0.39, 0.29) is 25.7 Å². The van der Waals surface area contributed by atoms with Gasteiger partial charge in [0.05, 0.1) is 32.0 Å². The molecule has 1 unspecified atom stereocenters. The molecule has 15 nitrogen and oxygen atoms in total. The standard InChI is InChI=1S/C46H76O15P2/c1-3-5-7-9-11-12-13-14-15-16-17-18-19-20-21-23-29-35-45(50)57-39-44(40-60-63(55,56)59-38-43(49)37-58-62(52,53)54)61-46(51)36-30-34-42(48)33-28-25-24-27-32-41(47)31-26-22-10-8-6-4-2/h11-12,14-15,17-18,20-22,24-28,32-33,41-44,47-49H,3-10,13,16,19,23,29-31,34-40H2,1-2H3,(H,55,56)(H2,52,53,54)/b12-11-,15-14-,18-17-,21-20-,25-24+,26-22-,32-27+,33-28-/t41-,42-,43-,44+/m0/s1. The fraction of sp³-hybridized carbons (Fsp3) is 0.609. The van der Waals surface area contributed by atoms with E-state index in [2.05, 4.69) is 65.4 Å². The maximum atomic E-state index is 12.7. The van der Waals surface area contributed by atoms with Crippen LogP contribution in [-0.4, -0.2) is 92.8 Å². The number of phosphoric ester groups is 2. The molecule has 6 N–H and O–H groups in total. The van der Waals surface area contributed by atoms with Crippen LogP contribution in [0.4, 0.5) is 0 Å². The molecule has 0 saturated heterocycles. The minimum atomic E-state index is -4.90. The Morgan fingerprint density at radius 2 is 1.03 bits per heavy atom. The second-order valence-corrected chi connectivity index (χ2v) is 17.4. The summed E-state index contributed by atoms with van der Waals surface area (Å²) in [6.45, 7) is 1.31. The van der Waals surface area contributed by atoms with Crippen molar-refractivity contribution in [3.05, 3.63) is 97.2 Å². The van der Waals surface area contributed by atoms with E-state index < -0.39 is 78.4 Å². The first kappa shape index (κ1) is 60.0. The highest BCUT2D eigenvalue weighted by atomic mass is 31.2. The van der Waals surface area contributed by atoms with Crippen LogP contribution in [0.25, 0.3) is 0 Å². The number of aliphatic hydroxyl groups is 3. The van der Waals surface area contributed by atoms with E-state index >= 15 is 0 Å². The Kier molecular flexibility index (Phi) is 38.5. The third-order valence-electron chi connectivity index (χ3n) is 8.63. The molecule has 63 heavy (non-hydrogen) atoms. The van der Waals surface area contributed by atoms with Crippen molar-refractivity contribution in [1.29, 1.82) is 0 Å². The van der Waals surface area contributed by atoms with Gasteiger partial charge in [-0.1, -0.05) is 137 Å². The molecule has 0 saturated carbocycles. The molecule has 0 bridgehead atoms. The molecule has 0 aromatic heterocycles. The van der Waals surface area contributed by atoms with Crippen molar-refractivity contribution in [1.82, 2.24) is 0 Å². The van der Waals surface area contributed by atoms with E-state index in [1.807, 2.05) is 18.2 Å². The first-order valence-electron chi connectivity index (χ1n) is 22.1. The van der Waals surface area contributed by atoms with E-state index in [9.17, 15) is 38.9 Å². The van der Waals surface area contributed by atoms with Crippen LogP contribution in [0.5, 0.6) is 0 Å². The van der Waals surface area contributed by atoms with Crippen LogP contribution in [0, 0.1) is 0 Å². The number of hydrogen-bond donors (Lipinski definition) is 6. The Morgan fingerprint density at radius 3 is 1.60 bits per heavy atom.